The minimum absolute atomic E-state index is 0.0235. The van der Waals surface area contributed by atoms with Crippen LogP contribution in [0.3, 0.4) is 0 Å². The molecule has 1 saturated carbocycles. The molecule has 3 heterocycles. The molecule has 35 heavy (non-hydrogen) atoms. The van der Waals surface area contributed by atoms with Crippen molar-refractivity contribution < 1.29 is 14.3 Å². The van der Waals surface area contributed by atoms with Crippen LogP contribution in [0.5, 0.6) is 0 Å². The van der Waals surface area contributed by atoms with E-state index in [-0.39, 0.29) is 37.0 Å². The predicted octanol–water partition coefficient (Wildman–Crippen LogP) is 2.56. The molecule has 8 nitrogen and oxygen atoms in total. The van der Waals surface area contributed by atoms with Gasteiger partial charge < -0.3 is 15.7 Å². The van der Waals surface area contributed by atoms with E-state index in [1.165, 1.54) is 16.9 Å². The molecule has 0 bridgehead atoms. The number of aliphatic hydroxyl groups is 1. The van der Waals surface area contributed by atoms with E-state index in [1.54, 1.807) is 42.6 Å². The molecule has 3 aromatic heterocycles. The van der Waals surface area contributed by atoms with Crippen molar-refractivity contribution in [2.24, 2.45) is 5.92 Å². The number of hydrogen-bond acceptors (Lipinski definition) is 6. The normalized spacial score (nSPS) is 14.7. The summed E-state index contributed by atoms with van der Waals surface area (Å²) < 4.78 is 15.9. The van der Waals surface area contributed by atoms with Crippen molar-refractivity contribution in [3.63, 3.8) is 0 Å². The van der Waals surface area contributed by atoms with Crippen LogP contribution in [-0.4, -0.2) is 38.0 Å². The summed E-state index contributed by atoms with van der Waals surface area (Å²) in [5.41, 5.74) is 1.86. The fourth-order valence-electron chi connectivity index (χ4n) is 4.39. The van der Waals surface area contributed by atoms with Crippen LogP contribution >= 0.6 is 0 Å². The lowest BCUT2D eigenvalue weighted by Gasteiger charge is -2.33. The highest BCUT2D eigenvalue weighted by Crippen LogP contribution is 2.29. The van der Waals surface area contributed by atoms with Crippen molar-refractivity contribution in [1.29, 1.82) is 0 Å². The van der Waals surface area contributed by atoms with Gasteiger partial charge in [-0.15, -0.1) is 0 Å². The van der Waals surface area contributed by atoms with Crippen LogP contribution in [0, 0.1) is 11.9 Å². The molecule has 0 spiro atoms. The quantitative estimate of drug-likeness (QED) is 0.338. The van der Waals surface area contributed by atoms with E-state index in [4.69, 9.17) is 0 Å². The van der Waals surface area contributed by atoms with Crippen molar-refractivity contribution in [1.82, 2.24) is 25.0 Å². The van der Waals surface area contributed by atoms with E-state index < -0.39 is 11.9 Å². The van der Waals surface area contributed by atoms with Gasteiger partial charge in [-0.2, -0.15) is 4.39 Å². The number of benzene rings is 1. The van der Waals surface area contributed by atoms with Gasteiger partial charge in [0.1, 0.15) is 11.3 Å². The first kappa shape index (κ1) is 23.1. The number of carbonyl (C=O) groups is 1. The highest BCUT2D eigenvalue weighted by molar-refractivity contribution is 5.92. The van der Waals surface area contributed by atoms with E-state index >= 15 is 0 Å². The van der Waals surface area contributed by atoms with Gasteiger partial charge in [0.2, 0.25) is 5.95 Å². The number of amides is 1. The number of fused-ring (bicyclic) bond motifs is 2. The summed E-state index contributed by atoms with van der Waals surface area (Å²) in [6.45, 7) is 0.514. The van der Waals surface area contributed by atoms with Crippen LogP contribution in [0.15, 0.2) is 59.5 Å². The molecule has 1 aromatic carbocycles. The zero-order chi connectivity index (χ0) is 24.4. The first-order valence-electron chi connectivity index (χ1n) is 11.7. The SMILES string of the molecule is O=C(NCc1ccc2nc(F)c(CNC(CO)C3CCC3)cc2c1)c1cc(=O)n2ccccc2n1. The molecule has 0 saturated heterocycles. The van der Waals surface area contributed by atoms with Gasteiger partial charge >= 0.3 is 0 Å². The Kier molecular flexibility index (Phi) is 6.52. The van der Waals surface area contributed by atoms with Crippen molar-refractivity contribution in [2.45, 2.75) is 38.4 Å². The predicted molar refractivity (Wildman–Crippen MR) is 129 cm³/mol. The first-order chi connectivity index (χ1) is 17.0. The van der Waals surface area contributed by atoms with Gasteiger partial charge in [-0.05, 0) is 54.7 Å². The number of halogens is 1. The van der Waals surface area contributed by atoms with Gasteiger partial charge in [0.05, 0.1) is 12.1 Å². The molecule has 1 atom stereocenters. The molecule has 1 fully saturated rings. The van der Waals surface area contributed by atoms with Gasteiger partial charge in [-0.3, -0.25) is 14.0 Å². The zero-order valence-corrected chi connectivity index (χ0v) is 19.1. The molecule has 9 heteroatoms. The van der Waals surface area contributed by atoms with Crippen LogP contribution in [0.1, 0.15) is 40.9 Å². The minimum atomic E-state index is -0.537. The molecule has 5 rings (SSSR count). The van der Waals surface area contributed by atoms with Crippen LogP contribution in [0.4, 0.5) is 4.39 Å². The van der Waals surface area contributed by atoms with E-state index in [1.807, 2.05) is 6.07 Å². The monoisotopic (exact) mass is 475 g/mol. The van der Waals surface area contributed by atoms with Crippen molar-refractivity contribution >= 4 is 22.5 Å². The van der Waals surface area contributed by atoms with Gasteiger partial charge in [-0.1, -0.05) is 18.6 Å². The van der Waals surface area contributed by atoms with Gasteiger partial charge in [0.25, 0.3) is 11.5 Å². The Balaban J connectivity index is 1.29. The maximum atomic E-state index is 14.6. The second kappa shape index (κ2) is 9.89. The second-order valence-electron chi connectivity index (χ2n) is 8.92. The van der Waals surface area contributed by atoms with E-state index in [0.29, 0.717) is 22.6 Å². The summed E-state index contributed by atoms with van der Waals surface area (Å²) >= 11 is 0. The lowest BCUT2D eigenvalue weighted by molar-refractivity contribution is 0.0946. The Morgan fingerprint density at radius 2 is 2.00 bits per heavy atom. The molecule has 4 aromatic rings. The number of carbonyl (C=O) groups excluding carboxylic acids is 1. The minimum Gasteiger partial charge on any atom is -0.395 e. The fraction of sp³-hybridized carbons (Fsp3) is 0.308. The number of aromatic nitrogens is 3. The van der Waals surface area contributed by atoms with Gasteiger partial charge in [0, 0.05) is 42.3 Å². The summed E-state index contributed by atoms with van der Waals surface area (Å²) in [5.74, 6) is -0.563. The Hall–Kier alpha value is -3.69. The maximum absolute atomic E-state index is 14.6. The molecule has 1 amide bonds. The van der Waals surface area contributed by atoms with Crippen LogP contribution < -0.4 is 16.2 Å². The molecule has 1 unspecified atom stereocenters. The highest BCUT2D eigenvalue weighted by Gasteiger charge is 2.26. The average molecular weight is 476 g/mol. The molecular formula is C26H26FN5O3. The van der Waals surface area contributed by atoms with Gasteiger partial charge in [-0.25, -0.2) is 9.97 Å². The topological polar surface area (TPSA) is 109 Å². The third-order valence-electron chi connectivity index (χ3n) is 6.63. The summed E-state index contributed by atoms with van der Waals surface area (Å²) in [6.07, 6.45) is 4.92. The molecule has 3 N–H and O–H groups in total. The standard InChI is InChI=1S/C26H26FN5O3/c27-25-19(14-28-22(15-33)17-4-3-5-17)11-18-10-16(7-8-20(18)31-25)13-29-26(35)21-12-24(34)32-9-2-1-6-23(32)30-21/h1-2,6-12,17,22,28,33H,3-5,13-15H2,(H,29,35). The lowest BCUT2D eigenvalue weighted by Crippen LogP contribution is -2.42. The number of rotatable bonds is 8. The van der Waals surface area contributed by atoms with Gasteiger partial charge in [0.15, 0.2) is 0 Å². The molecule has 0 radical (unpaired) electrons. The van der Waals surface area contributed by atoms with E-state index in [9.17, 15) is 19.1 Å². The van der Waals surface area contributed by atoms with E-state index in [0.717, 1.165) is 23.8 Å². The fourth-order valence-corrected chi connectivity index (χ4v) is 4.39. The molecule has 1 aliphatic rings. The van der Waals surface area contributed by atoms with Crippen molar-refractivity contribution in [2.75, 3.05) is 6.61 Å². The first-order valence-corrected chi connectivity index (χ1v) is 11.7. The third-order valence-corrected chi connectivity index (χ3v) is 6.63. The molecular weight excluding hydrogens is 449 g/mol. The van der Waals surface area contributed by atoms with Crippen LogP contribution in [0.2, 0.25) is 0 Å². The Bertz CT molecular complexity index is 1450. The molecule has 180 valence electrons. The Morgan fingerprint density at radius 3 is 2.77 bits per heavy atom. The molecule has 1 aliphatic carbocycles. The number of pyridine rings is 2. The maximum Gasteiger partial charge on any atom is 0.270 e. The van der Waals surface area contributed by atoms with Crippen molar-refractivity contribution in [3.05, 3.63) is 87.9 Å². The Morgan fingerprint density at radius 1 is 1.14 bits per heavy atom. The number of nitrogens with zero attached hydrogens (tertiary/aromatic N) is 3. The second-order valence-corrected chi connectivity index (χ2v) is 8.92. The smallest absolute Gasteiger partial charge is 0.270 e. The van der Waals surface area contributed by atoms with Crippen LogP contribution in [0.25, 0.3) is 16.6 Å². The summed E-state index contributed by atoms with van der Waals surface area (Å²) in [6, 6.07) is 13.4. The lowest BCUT2D eigenvalue weighted by atomic mass is 9.80. The third kappa shape index (κ3) is 4.91. The van der Waals surface area contributed by atoms with Crippen LogP contribution in [-0.2, 0) is 13.1 Å². The number of aliphatic hydroxyl groups excluding tert-OH is 1. The molecule has 0 aliphatic heterocycles. The highest BCUT2D eigenvalue weighted by atomic mass is 19.1. The van der Waals surface area contributed by atoms with Crippen molar-refractivity contribution in [3.8, 4) is 0 Å². The summed E-state index contributed by atoms with van der Waals surface area (Å²) in [7, 11) is 0. The summed E-state index contributed by atoms with van der Waals surface area (Å²) in [4.78, 5) is 33.2. The summed E-state index contributed by atoms with van der Waals surface area (Å²) in [5, 5.41) is 16.4. The zero-order valence-electron chi connectivity index (χ0n) is 19.1. The Labute approximate surface area is 200 Å². The average Bonchev–Trinajstić information content (AvgIpc) is 2.83. The number of nitrogens with one attached hydrogen (secondary N) is 2. The van der Waals surface area contributed by atoms with E-state index in [2.05, 4.69) is 20.6 Å². The number of hydrogen-bond donors (Lipinski definition) is 3. The largest absolute Gasteiger partial charge is 0.395 e.